The molecule has 1 unspecified atom stereocenters. The number of nitrogens with one attached hydrogen (secondary N) is 1. The van der Waals surface area contributed by atoms with E-state index in [0.717, 1.165) is 21.7 Å². The minimum Gasteiger partial charge on any atom is -0.325 e. The van der Waals surface area contributed by atoms with Gasteiger partial charge >= 0.3 is 0 Å². The van der Waals surface area contributed by atoms with Crippen LogP contribution >= 0.6 is 11.3 Å². The maximum absolute atomic E-state index is 13.0. The predicted octanol–water partition coefficient (Wildman–Crippen LogP) is 4.53. The molecule has 1 aliphatic heterocycles. The number of hydrogen-bond donors (Lipinski definition) is 1. The molecular formula is C21H28N2O3S2. The van der Waals surface area contributed by atoms with Crippen molar-refractivity contribution in [3.8, 4) is 0 Å². The SMILES string of the molecule is Cc1ccc(S(=O)(=O)N2CCCC(C(=O)Nc3c(C)cccc3C(C)C)C2)s1. The second-order valence-corrected chi connectivity index (χ2v) is 11.2. The second kappa shape index (κ2) is 8.35. The molecule has 0 aliphatic carbocycles. The Morgan fingerprint density at radius 3 is 2.61 bits per heavy atom. The third-order valence-corrected chi connectivity index (χ3v) is 8.57. The highest BCUT2D eigenvalue weighted by Gasteiger charge is 2.34. The van der Waals surface area contributed by atoms with Crippen LogP contribution in [0.1, 0.15) is 48.6 Å². The van der Waals surface area contributed by atoms with E-state index < -0.39 is 10.0 Å². The normalized spacial score (nSPS) is 18.4. The maximum Gasteiger partial charge on any atom is 0.252 e. The summed E-state index contributed by atoms with van der Waals surface area (Å²) < 4.78 is 27.7. The number of carbonyl (C=O) groups is 1. The summed E-state index contributed by atoms with van der Waals surface area (Å²) in [5.41, 5.74) is 2.98. The van der Waals surface area contributed by atoms with Gasteiger partial charge in [0.15, 0.2) is 0 Å². The molecule has 1 saturated heterocycles. The van der Waals surface area contributed by atoms with Crippen LogP contribution in [-0.4, -0.2) is 31.7 Å². The minimum atomic E-state index is -3.54. The van der Waals surface area contributed by atoms with Crippen LogP contribution in [0.4, 0.5) is 5.69 Å². The summed E-state index contributed by atoms with van der Waals surface area (Å²) in [6, 6.07) is 9.49. The molecule has 7 heteroatoms. The average Bonchev–Trinajstić information content (AvgIpc) is 3.10. The Morgan fingerprint density at radius 1 is 1.21 bits per heavy atom. The van der Waals surface area contributed by atoms with Crippen LogP contribution in [0.5, 0.6) is 0 Å². The Hall–Kier alpha value is -1.70. The summed E-state index contributed by atoms with van der Waals surface area (Å²) in [5.74, 6) is -0.150. The zero-order valence-corrected chi connectivity index (χ0v) is 18.5. The Morgan fingerprint density at radius 2 is 1.96 bits per heavy atom. The van der Waals surface area contributed by atoms with E-state index in [2.05, 4.69) is 19.2 Å². The number of sulfonamides is 1. The van der Waals surface area contributed by atoms with E-state index in [4.69, 9.17) is 0 Å². The summed E-state index contributed by atoms with van der Waals surface area (Å²) in [6.07, 6.45) is 1.39. The number of rotatable bonds is 5. The van der Waals surface area contributed by atoms with Crippen LogP contribution in [0.3, 0.4) is 0 Å². The van der Waals surface area contributed by atoms with E-state index in [1.54, 1.807) is 6.07 Å². The highest BCUT2D eigenvalue weighted by atomic mass is 32.2. The number of aryl methyl sites for hydroxylation is 2. The Bertz CT molecular complexity index is 964. The lowest BCUT2D eigenvalue weighted by molar-refractivity contribution is -0.120. The van der Waals surface area contributed by atoms with Gasteiger partial charge in [-0.1, -0.05) is 32.0 Å². The number of thiophene rings is 1. The van der Waals surface area contributed by atoms with Crippen LogP contribution in [0, 0.1) is 19.8 Å². The van der Waals surface area contributed by atoms with Crippen molar-refractivity contribution in [1.29, 1.82) is 0 Å². The molecule has 1 atom stereocenters. The van der Waals surface area contributed by atoms with Gasteiger partial charge < -0.3 is 5.32 Å². The van der Waals surface area contributed by atoms with Crippen molar-refractivity contribution in [2.75, 3.05) is 18.4 Å². The molecule has 0 saturated carbocycles. The fraction of sp³-hybridized carbons (Fsp3) is 0.476. The van der Waals surface area contributed by atoms with Gasteiger partial charge in [0.2, 0.25) is 5.91 Å². The van der Waals surface area contributed by atoms with Crippen LogP contribution < -0.4 is 5.32 Å². The van der Waals surface area contributed by atoms with Gasteiger partial charge in [-0.2, -0.15) is 4.31 Å². The first-order valence-corrected chi connectivity index (χ1v) is 11.9. The molecule has 1 N–H and O–H groups in total. The van der Waals surface area contributed by atoms with Gasteiger partial charge in [-0.25, -0.2) is 8.42 Å². The lowest BCUT2D eigenvalue weighted by atomic mass is 9.95. The zero-order valence-electron chi connectivity index (χ0n) is 16.9. The molecule has 28 heavy (non-hydrogen) atoms. The standard InChI is InChI=1S/C21H28N2O3S2/c1-14(2)18-9-5-7-15(3)20(18)22-21(24)17-8-6-12-23(13-17)28(25,26)19-11-10-16(4)27-19/h5,7,9-11,14,17H,6,8,12-13H2,1-4H3,(H,22,24). The van der Waals surface area contributed by atoms with Crippen molar-refractivity contribution in [3.05, 3.63) is 46.3 Å². The molecule has 1 aromatic heterocycles. The first-order valence-electron chi connectivity index (χ1n) is 9.67. The molecule has 5 nitrogen and oxygen atoms in total. The molecule has 0 radical (unpaired) electrons. The lowest BCUT2D eigenvalue weighted by Gasteiger charge is -2.31. The van der Waals surface area contributed by atoms with Gasteiger partial charge in [0.1, 0.15) is 4.21 Å². The zero-order chi connectivity index (χ0) is 20.5. The molecule has 1 amide bonds. The third kappa shape index (κ3) is 4.31. The molecular weight excluding hydrogens is 392 g/mol. The molecule has 1 aromatic carbocycles. The van der Waals surface area contributed by atoms with E-state index in [9.17, 15) is 13.2 Å². The Kier molecular flexibility index (Phi) is 6.27. The summed E-state index contributed by atoms with van der Waals surface area (Å²) >= 11 is 1.28. The number of benzene rings is 1. The van der Waals surface area contributed by atoms with Crippen LogP contribution in [0.2, 0.25) is 0 Å². The summed E-state index contributed by atoms with van der Waals surface area (Å²) in [7, 11) is -3.54. The van der Waals surface area contributed by atoms with Crippen molar-refractivity contribution < 1.29 is 13.2 Å². The fourth-order valence-corrected chi connectivity index (χ4v) is 6.58. The second-order valence-electron chi connectivity index (χ2n) is 7.75. The molecule has 3 rings (SSSR count). The molecule has 0 spiro atoms. The van der Waals surface area contributed by atoms with E-state index in [1.165, 1.54) is 15.6 Å². The van der Waals surface area contributed by atoms with Crippen molar-refractivity contribution in [1.82, 2.24) is 4.31 Å². The summed E-state index contributed by atoms with van der Waals surface area (Å²) in [6.45, 7) is 8.77. The number of para-hydroxylation sites is 1. The Labute approximate surface area is 171 Å². The van der Waals surface area contributed by atoms with Crippen molar-refractivity contribution in [3.63, 3.8) is 0 Å². The smallest absolute Gasteiger partial charge is 0.252 e. The first-order chi connectivity index (χ1) is 13.2. The topological polar surface area (TPSA) is 66.5 Å². The number of carbonyl (C=O) groups excluding carboxylic acids is 1. The van der Waals surface area contributed by atoms with Gasteiger partial charge in [-0.3, -0.25) is 4.79 Å². The van der Waals surface area contributed by atoms with Gasteiger partial charge in [0.05, 0.1) is 5.92 Å². The van der Waals surface area contributed by atoms with Gasteiger partial charge in [0, 0.05) is 23.7 Å². The third-order valence-electron chi connectivity index (χ3n) is 5.24. The highest BCUT2D eigenvalue weighted by molar-refractivity contribution is 7.91. The van der Waals surface area contributed by atoms with Crippen molar-refractivity contribution in [2.45, 2.75) is 50.7 Å². The minimum absolute atomic E-state index is 0.0986. The van der Waals surface area contributed by atoms with Crippen LogP contribution in [-0.2, 0) is 14.8 Å². The van der Waals surface area contributed by atoms with E-state index in [-0.39, 0.29) is 18.4 Å². The number of hydrogen-bond acceptors (Lipinski definition) is 4. The maximum atomic E-state index is 13.0. The largest absolute Gasteiger partial charge is 0.325 e. The average molecular weight is 421 g/mol. The molecule has 0 bridgehead atoms. The number of piperidine rings is 1. The molecule has 2 aromatic rings. The van der Waals surface area contributed by atoms with Gasteiger partial charge in [-0.15, -0.1) is 11.3 Å². The Balaban J connectivity index is 1.77. The van der Waals surface area contributed by atoms with E-state index >= 15 is 0 Å². The van der Waals surface area contributed by atoms with Gasteiger partial charge in [0.25, 0.3) is 10.0 Å². The molecule has 1 fully saturated rings. The number of anilines is 1. The van der Waals surface area contributed by atoms with Crippen molar-refractivity contribution >= 4 is 33.0 Å². The monoisotopic (exact) mass is 420 g/mol. The van der Waals surface area contributed by atoms with E-state index in [1.807, 2.05) is 38.1 Å². The van der Waals surface area contributed by atoms with Crippen LogP contribution in [0.25, 0.3) is 0 Å². The fourth-order valence-electron chi connectivity index (χ4n) is 3.62. The van der Waals surface area contributed by atoms with Gasteiger partial charge in [-0.05, 0) is 55.9 Å². The molecule has 2 heterocycles. The molecule has 1 aliphatic rings. The lowest BCUT2D eigenvalue weighted by Crippen LogP contribution is -2.43. The first kappa shape index (κ1) is 21.0. The number of nitrogens with zero attached hydrogens (tertiary/aromatic N) is 1. The summed E-state index contributed by atoms with van der Waals surface area (Å²) in [4.78, 5) is 13.9. The van der Waals surface area contributed by atoms with Crippen molar-refractivity contribution in [2.24, 2.45) is 5.92 Å². The molecule has 152 valence electrons. The van der Waals surface area contributed by atoms with E-state index in [0.29, 0.717) is 29.5 Å². The predicted molar refractivity (Wildman–Crippen MR) is 114 cm³/mol. The highest BCUT2D eigenvalue weighted by Crippen LogP contribution is 2.31. The quantitative estimate of drug-likeness (QED) is 0.773. The number of amides is 1. The van der Waals surface area contributed by atoms with Crippen LogP contribution in [0.15, 0.2) is 34.5 Å². The summed E-state index contributed by atoms with van der Waals surface area (Å²) in [5, 5.41) is 3.09.